The molecule has 2 aromatic heterocycles. The zero-order valence-corrected chi connectivity index (χ0v) is 12.0. The molecule has 112 valence electrons. The van der Waals surface area contributed by atoms with Crippen molar-refractivity contribution >= 4 is 15.7 Å². The zero-order valence-electron chi connectivity index (χ0n) is 11.1. The number of sulfonamides is 1. The molecule has 0 saturated heterocycles. The average molecular weight is 317 g/mol. The summed E-state index contributed by atoms with van der Waals surface area (Å²) in [6, 6.07) is 9.60. The van der Waals surface area contributed by atoms with Crippen LogP contribution in [0.3, 0.4) is 0 Å². The van der Waals surface area contributed by atoms with Crippen LogP contribution in [-0.4, -0.2) is 28.8 Å². The Labute approximate surface area is 125 Å². The van der Waals surface area contributed by atoms with Gasteiger partial charge in [-0.25, -0.2) is 13.5 Å². The molecule has 3 aromatic rings. The van der Waals surface area contributed by atoms with Crippen molar-refractivity contribution in [3.05, 3.63) is 59.1 Å². The van der Waals surface area contributed by atoms with E-state index in [0.717, 1.165) is 0 Å². The number of benzene rings is 1. The van der Waals surface area contributed by atoms with Crippen molar-refractivity contribution in [3.8, 4) is 11.3 Å². The molecule has 8 nitrogen and oxygen atoms in total. The third kappa shape index (κ3) is 2.88. The van der Waals surface area contributed by atoms with Crippen LogP contribution >= 0.6 is 0 Å². The van der Waals surface area contributed by atoms with E-state index in [2.05, 4.69) is 25.1 Å². The van der Waals surface area contributed by atoms with Gasteiger partial charge in [0.25, 0.3) is 15.6 Å². The number of anilines is 1. The molecule has 0 atom stereocenters. The maximum atomic E-state index is 12.1. The standard InChI is InChI=1S/C13H11N5O3S/c19-13-5-4-12(16-17-13)9-2-1-3-10(6-9)18-22(20,21)11-7-14-15-8-11/h1-8,18H,(H,14,15)(H,17,19). The lowest BCUT2D eigenvalue weighted by Crippen LogP contribution is -2.12. The second kappa shape index (κ2) is 5.45. The van der Waals surface area contributed by atoms with Gasteiger partial charge in [-0.3, -0.25) is 14.6 Å². The fourth-order valence-electron chi connectivity index (χ4n) is 1.85. The van der Waals surface area contributed by atoms with Gasteiger partial charge in [-0.1, -0.05) is 12.1 Å². The van der Waals surface area contributed by atoms with Crippen LogP contribution in [-0.2, 0) is 10.0 Å². The fourth-order valence-corrected chi connectivity index (χ4v) is 2.80. The van der Waals surface area contributed by atoms with E-state index < -0.39 is 10.0 Å². The van der Waals surface area contributed by atoms with Gasteiger partial charge in [0.2, 0.25) is 0 Å². The van der Waals surface area contributed by atoms with Gasteiger partial charge in [-0.05, 0) is 18.2 Å². The average Bonchev–Trinajstić information content (AvgIpc) is 3.03. The summed E-state index contributed by atoms with van der Waals surface area (Å²) in [5, 5.41) is 12.3. The lowest BCUT2D eigenvalue weighted by molar-refractivity contribution is 0.601. The van der Waals surface area contributed by atoms with E-state index in [1.165, 1.54) is 18.5 Å². The Morgan fingerprint density at radius 3 is 2.68 bits per heavy atom. The summed E-state index contributed by atoms with van der Waals surface area (Å²) in [5.74, 6) is 0. The quantitative estimate of drug-likeness (QED) is 0.662. The summed E-state index contributed by atoms with van der Waals surface area (Å²) in [5.41, 5.74) is 1.28. The van der Waals surface area contributed by atoms with Crippen molar-refractivity contribution in [3.63, 3.8) is 0 Å². The first kappa shape index (κ1) is 14.0. The van der Waals surface area contributed by atoms with Crippen LogP contribution < -0.4 is 10.3 Å². The number of hydrogen-bond donors (Lipinski definition) is 3. The molecule has 0 bridgehead atoms. The normalized spacial score (nSPS) is 11.3. The second-order valence-corrected chi connectivity index (χ2v) is 6.11. The molecule has 0 fully saturated rings. The number of rotatable bonds is 4. The van der Waals surface area contributed by atoms with Gasteiger partial charge in [0.1, 0.15) is 4.90 Å². The molecular weight excluding hydrogens is 306 g/mol. The SMILES string of the molecule is O=c1ccc(-c2cccc(NS(=O)(=O)c3cn[nH]c3)c2)n[nH]1. The number of hydrogen-bond acceptors (Lipinski definition) is 5. The van der Waals surface area contributed by atoms with E-state index in [0.29, 0.717) is 16.9 Å². The summed E-state index contributed by atoms with van der Waals surface area (Å²) in [6.45, 7) is 0. The number of H-pyrrole nitrogens is 2. The molecule has 0 aliphatic carbocycles. The van der Waals surface area contributed by atoms with Crippen molar-refractivity contribution in [1.29, 1.82) is 0 Å². The number of aromatic nitrogens is 4. The Kier molecular flexibility index (Phi) is 3.47. The largest absolute Gasteiger partial charge is 0.284 e. The first-order chi connectivity index (χ1) is 10.5. The van der Waals surface area contributed by atoms with E-state index in [1.807, 2.05) is 0 Å². The van der Waals surface area contributed by atoms with Gasteiger partial charge < -0.3 is 0 Å². The van der Waals surface area contributed by atoms with Gasteiger partial charge in [0.15, 0.2) is 0 Å². The monoisotopic (exact) mass is 317 g/mol. The molecule has 2 heterocycles. The topological polar surface area (TPSA) is 121 Å². The van der Waals surface area contributed by atoms with E-state index >= 15 is 0 Å². The van der Waals surface area contributed by atoms with E-state index in [1.54, 1.807) is 30.3 Å². The van der Waals surface area contributed by atoms with Crippen molar-refractivity contribution in [2.24, 2.45) is 0 Å². The molecule has 0 radical (unpaired) electrons. The summed E-state index contributed by atoms with van der Waals surface area (Å²) in [4.78, 5) is 11.1. The van der Waals surface area contributed by atoms with Gasteiger partial charge in [0, 0.05) is 23.5 Å². The molecule has 0 unspecified atom stereocenters. The Morgan fingerprint density at radius 2 is 2.00 bits per heavy atom. The van der Waals surface area contributed by atoms with Gasteiger partial charge >= 0.3 is 0 Å². The summed E-state index contributed by atoms with van der Waals surface area (Å²) >= 11 is 0. The highest BCUT2D eigenvalue weighted by Gasteiger charge is 2.15. The molecule has 3 N–H and O–H groups in total. The van der Waals surface area contributed by atoms with Crippen molar-refractivity contribution in [1.82, 2.24) is 20.4 Å². The van der Waals surface area contributed by atoms with Crippen molar-refractivity contribution in [2.45, 2.75) is 4.90 Å². The molecule has 0 aliphatic heterocycles. The number of aromatic amines is 2. The lowest BCUT2D eigenvalue weighted by atomic mass is 10.1. The second-order valence-electron chi connectivity index (χ2n) is 4.43. The van der Waals surface area contributed by atoms with Crippen LogP contribution in [0.1, 0.15) is 0 Å². The smallest absolute Gasteiger partial charge is 0.265 e. The fraction of sp³-hybridized carbons (Fsp3) is 0. The Morgan fingerprint density at radius 1 is 1.14 bits per heavy atom. The molecule has 22 heavy (non-hydrogen) atoms. The highest BCUT2D eigenvalue weighted by molar-refractivity contribution is 7.92. The van der Waals surface area contributed by atoms with Gasteiger partial charge in [-0.15, -0.1) is 0 Å². The highest BCUT2D eigenvalue weighted by Crippen LogP contribution is 2.21. The first-order valence-corrected chi connectivity index (χ1v) is 7.71. The predicted octanol–water partition coefficient (Wildman–Crippen LogP) is 0.961. The minimum Gasteiger partial charge on any atom is -0.284 e. The molecule has 9 heteroatoms. The third-order valence-electron chi connectivity index (χ3n) is 2.87. The first-order valence-electron chi connectivity index (χ1n) is 6.22. The Balaban J connectivity index is 1.92. The molecule has 0 aliphatic rings. The van der Waals surface area contributed by atoms with Crippen molar-refractivity contribution in [2.75, 3.05) is 4.72 Å². The third-order valence-corrected chi connectivity index (χ3v) is 4.22. The van der Waals surface area contributed by atoms with Gasteiger partial charge in [0.05, 0.1) is 11.9 Å². The molecule has 3 rings (SSSR count). The molecule has 1 aromatic carbocycles. The van der Waals surface area contributed by atoms with Crippen LogP contribution in [0.15, 0.2) is 58.5 Å². The van der Waals surface area contributed by atoms with E-state index in [4.69, 9.17) is 0 Å². The minimum absolute atomic E-state index is 0.0417. The maximum Gasteiger partial charge on any atom is 0.265 e. The van der Waals surface area contributed by atoms with Crippen molar-refractivity contribution < 1.29 is 8.42 Å². The highest BCUT2D eigenvalue weighted by atomic mass is 32.2. The number of nitrogens with one attached hydrogen (secondary N) is 3. The lowest BCUT2D eigenvalue weighted by Gasteiger charge is -2.07. The summed E-state index contributed by atoms with van der Waals surface area (Å²) < 4.78 is 26.7. The van der Waals surface area contributed by atoms with E-state index in [-0.39, 0.29) is 10.5 Å². The van der Waals surface area contributed by atoms with Gasteiger partial charge in [-0.2, -0.15) is 10.2 Å². The Hall–Kier alpha value is -2.94. The van der Waals surface area contributed by atoms with Crippen LogP contribution in [0.2, 0.25) is 0 Å². The van der Waals surface area contributed by atoms with E-state index in [9.17, 15) is 13.2 Å². The molecule has 0 amide bonds. The zero-order chi connectivity index (χ0) is 15.6. The van der Waals surface area contributed by atoms with Crippen LogP contribution in [0.5, 0.6) is 0 Å². The summed E-state index contributed by atoms with van der Waals surface area (Å²) in [7, 11) is -3.70. The van der Waals surface area contributed by atoms with Crippen LogP contribution in [0.4, 0.5) is 5.69 Å². The maximum absolute atomic E-state index is 12.1. The van der Waals surface area contributed by atoms with Crippen LogP contribution in [0.25, 0.3) is 11.3 Å². The number of nitrogens with zero attached hydrogens (tertiary/aromatic N) is 2. The predicted molar refractivity (Wildman–Crippen MR) is 79.7 cm³/mol. The molecular formula is C13H11N5O3S. The summed E-state index contributed by atoms with van der Waals surface area (Å²) in [6.07, 6.45) is 2.51. The Bertz CT molecular complexity index is 927. The molecule has 0 saturated carbocycles. The molecule has 0 spiro atoms. The van der Waals surface area contributed by atoms with Crippen LogP contribution in [0, 0.1) is 0 Å². The minimum atomic E-state index is -3.70.